The zero-order chi connectivity index (χ0) is 16.9. The van der Waals surface area contributed by atoms with Crippen LogP contribution in [-0.2, 0) is 15.3 Å². The van der Waals surface area contributed by atoms with Gasteiger partial charge >= 0.3 is 5.97 Å². The van der Waals surface area contributed by atoms with Crippen molar-refractivity contribution in [1.82, 2.24) is 9.88 Å². The minimum absolute atomic E-state index is 0.128. The number of thioether (sulfide) groups is 1. The molecule has 0 radical (unpaired) electrons. The van der Waals surface area contributed by atoms with Crippen LogP contribution < -0.4 is 0 Å². The van der Waals surface area contributed by atoms with Crippen LogP contribution in [0.3, 0.4) is 0 Å². The normalized spacial score (nSPS) is 17.2. The van der Waals surface area contributed by atoms with E-state index in [1.165, 1.54) is 16.7 Å². The van der Waals surface area contributed by atoms with E-state index in [-0.39, 0.29) is 11.7 Å². The lowest BCUT2D eigenvalue weighted by molar-refractivity contribution is -0.147. The summed E-state index contributed by atoms with van der Waals surface area (Å²) in [5.41, 5.74) is 1.68. The van der Waals surface area contributed by atoms with Gasteiger partial charge in [-0.2, -0.15) is 0 Å². The molecule has 2 heterocycles. The molecule has 2 aromatic rings. The van der Waals surface area contributed by atoms with Crippen molar-refractivity contribution in [1.29, 1.82) is 0 Å². The van der Waals surface area contributed by atoms with Crippen LogP contribution in [0.2, 0.25) is 0 Å². The fraction of sp³-hybridized carbons (Fsp3) is 0.353. The van der Waals surface area contributed by atoms with Gasteiger partial charge in [0, 0.05) is 17.9 Å². The van der Waals surface area contributed by atoms with Crippen LogP contribution in [0.5, 0.6) is 0 Å². The number of aliphatic carboxylic acids is 1. The lowest BCUT2D eigenvalue weighted by atomic mass is 10.2. The van der Waals surface area contributed by atoms with Crippen LogP contribution in [0, 0.1) is 0 Å². The topological polar surface area (TPSA) is 83.6 Å². The molecule has 126 valence electrons. The Kier molecular flexibility index (Phi) is 5.20. The van der Waals surface area contributed by atoms with Gasteiger partial charge in [0.25, 0.3) is 0 Å². The molecule has 1 N–H and O–H groups in total. The highest BCUT2D eigenvalue weighted by Gasteiger charge is 2.33. The summed E-state index contributed by atoms with van der Waals surface area (Å²) in [6, 6.07) is 8.94. The van der Waals surface area contributed by atoms with E-state index in [1.807, 2.05) is 30.3 Å². The molecule has 0 spiro atoms. The molecule has 3 rings (SSSR count). The molecule has 0 unspecified atom stereocenters. The maximum absolute atomic E-state index is 12.2. The number of oxazole rings is 1. The van der Waals surface area contributed by atoms with Gasteiger partial charge in [0.2, 0.25) is 11.8 Å². The fourth-order valence-corrected chi connectivity index (χ4v) is 3.52. The molecule has 1 aromatic heterocycles. The molecule has 1 aliphatic heterocycles. The second-order valence-corrected chi connectivity index (χ2v) is 6.57. The largest absolute Gasteiger partial charge is 0.480 e. The number of carbonyl (C=O) groups excluding carboxylic acids is 1. The van der Waals surface area contributed by atoms with Crippen molar-refractivity contribution in [2.45, 2.75) is 24.6 Å². The second kappa shape index (κ2) is 7.53. The number of aromatic nitrogens is 1. The van der Waals surface area contributed by atoms with E-state index in [0.717, 1.165) is 17.7 Å². The average molecular weight is 346 g/mol. The highest BCUT2D eigenvalue weighted by molar-refractivity contribution is 7.99. The van der Waals surface area contributed by atoms with E-state index >= 15 is 0 Å². The predicted octanol–water partition coefficient (Wildman–Crippen LogP) is 2.65. The Hall–Kier alpha value is -2.28. The standard InChI is InChI=1S/C17H18N2O4S/c20-15(19-8-4-7-14(19)17(21)22)11-24-10-13-9-23-16(18-13)12-5-2-1-3-6-12/h1-3,5-6,9,14H,4,7-8,10-11H2,(H,21,22)/t14-/m0/s1. The number of carboxylic acids is 1. The summed E-state index contributed by atoms with van der Waals surface area (Å²) in [4.78, 5) is 29.2. The number of amides is 1. The summed E-state index contributed by atoms with van der Waals surface area (Å²) < 4.78 is 5.46. The number of hydrogen-bond donors (Lipinski definition) is 1. The summed E-state index contributed by atoms with van der Waals surface area (Å²) in [6.07, 6.45) is 2.88. The van der Waals surface area contributed by atoms with Gasteiger partial charge in [-0.3, -0.25) is 4.79 Å². The second-order valence-electron chi connectivity index (χ2n) is 5.59. The van der Waals surface area contributed by atoms with Crippen LogP contribution in [0.15, 0.2) is 41.0 Å². The summed E-state index contributed by atoms with van der Waals surface area (Å²) in [5, 5.41) is 9.12. The minimum atomic E-state index is -0.921. The first-order valence-corrected chi connectivity index (χ1v) is 8.90. The van der Waals surface area contributed by atoms with Crippen molar-refractivity contribution < 1.29 is 19.1 Å². The maximum Gasteiger partial charge on any atom is 0.326 e. The molecule has 0 aliphatic carbocycles. The summed E-state index contributed by atoms with van der Waals surface area (Å²) in [5.74, 6) is 0.305. The molecule has 6 nitrogen and oxygen atoms in total. The zero-order valence-electron chi connectivity index (χ0n) is 13.1. The maximum atomic E-state index is 12.2. The molecular weight excluding hydrogens is 328 g/mol. The molecule has 7 heteroatoms. The molecule has 1 atom stereocenters. The Morgan fingerprint density at radius 1 is 1.33 bits per heavy atom. The Labute approximate surface area is 143 Å². The third kappa shape index (κ3) is 3.79. The van der Waals surface area contributed by atoms with E-state index in [9.17, 15) is 9.59 Å². The first-order chi connectivity index (χ1) is 11.6. The fourth-order valence-electron chi connectivity index (χ4n) is 2.73. The lowest BCUT2D eigenvalue weighted by Gasteiger charge is -2.21. The van der Waals surface area contributed by atoms with Crippen molar-refractivity contribution in [3.63, 3.8) is 0 Å². The van der Waals surface area contributed by atoms with Gasteiger partial charge in [0.05, 0.1) is 11.4 Å². The molecule has 1 aromatic carbocycles. The summed E-state index contributed by atoms with van der Waals surface area (Å²) in [7, 11) is 0. The number of rotatable bonds is 6. The Balaban J connectivity index is 1.51. The Morgan fingerprint density at radius 2 is 2.12 bits per heavy atom. The van der Waals surface area contributed by atoms with Gasteiger partial charge < -0.3 is 14.4 Å². The molecule has 24 heavy (non-hydrogen) atoms. The van der Waals surface area contributed by atoms with Gasteiger partial charge in [0.1, 0.15) is 12.3 Å². The minimum Gasteiger partial charge on any atom is -0.480 e. The Morgan fingerprint density at radius 3 is 2.88 bits per heavy atom. The number of carbonyl (C=O) groups is 2. The number of likely N-dealkylation sites (tertiary alicyclic amines) is 1. The highest BCUT2D eigenvalue weighted by atomic mass is 32.2. The number of benzene rings is 1. The average Bonchev–Trinajstić information content (AvgIpc) is 3.25. The number of nitrogens with zero attached hydrogens (tertiary/aromatic N) is 2. The van der Waals surface area contributed by atoms with Crippen LogP contribution in [0.4, 0.5) is 0 Å². The smallest absolute Gasteiger partial charge is 0.326 e. The van der Waals surface area contributed by atoms with Gasteiger partial charge in [-0.1, -0.05) is 18.2 Å². The third-order valence-corrected chi connectivity index (χ3v) is 4.86. The first-order valence-electron chi connectivity index (χ1n) is 7.75. The Bertz CT molecular complexity index is 716. The van der Waals surface area contributed by atoms with Crippen LogP contribution in [0.1, 0.15) is 18.5 Å². The highest BCUT2D eigenvalue weighted by Crippen LogP contribution is 2.22. The summed E-state index contributed by atoms with van der Waals surface area (Å²) in [6.45, 7) is 0.526. The molecule has 1 aliphatic rings. The SMILES string of the molecule is O=C(O)[C@@H]1CCCN1C(=O)CSCc1coc(-c2ccccc2)n1. The van der Waals surface area contributed by atoms with E-state index in [2.05, 4.69) is 4.98 Å². The summed E-state index contributed by atoms with van der Waals surface area (Å²) >= 11 is 1.42. The molecule has 0 saturated carbocycles. The molecule has 1 fully saturated rings. The van der Waals surface area contributed by atoms with Crippen LogP contribution in [-0.4, -0.2) is 45.2 Å². The molecule has 0 bridgehead atoms. The first kappa shape index (κ1) is 16.6. The number of hydrogen-bond acceptors (Lipinski definition) is 5. The third-order valence-electron chi connectivity index (χ3n) is 3.91. The van der Waals surface area contributed by atoms with Gasteiger partial charge in [-0.25, -0.2) is 9.78 Å². The van der Waals surface area contributed by atoms with Crippen LogP contribution in [0.25, 0.3) is 11.5 Å². The zero-order valence-corrected chi connectivity index (χ0v) is 13.9. The van der Waals surface area contributed by atoms with Crippen molar-refractivity contribution in [3.8, 4) is 11.5 Å². The van der Waals surface area contributed by atoms with Gasteiger partial charge in [-0.15, -0.1) is 11.8 Å². The van der Waals surface area contributed by atoms with Crippen molar-refractivity contribution >= 4 is 23.6 Å². The van der Waals surface area contributed by atoms with E-state index < -0.39 is 12.0 Å². The number of carboxylic acid groups (broad SMARTS) is 1. The van der Waals surface area contributed by atoms with Gasteiger partial charge in [0.15, 0.2) is 0 Å². The van der Waals surface area contributed by atoms with E-state index in [4.69, 9.17) is 9.52 Å². The quantitative estimate of drug-likeness (QED) is 0.866. The van der Waals surface area contributed by atoms with Crippen molar-refractivity contribution in [3.05, 3.63) is 42.3 Å². The van der Waals surface area contributed by atoms with E-state index in [0.29, 0.717) is 24.6 Å². The van der Waals surface area contributed by atoms with E-state index in [1.54, 1.807) is 6.26 Å². The van der Waals surface area contributed by atoms with Crippen molar-refractivity contribution in [2.24, 2.45) is 0 Å². The molecular formula is C17H18N2O4S. The molecule has 1 amide bonds. The monoisotopic (exact) mass is 346 g/mol. The predicted molar refractivity (Wildman–Crippen MR) is 90.5 cm³/mol. The lowest BCUT2D eigenvalue weighted by Crippen LogP contribution is -2.41. The molecule has 1 saturated heterocycles. The van der Waals surface area contributed by atoms with Crippen molar-refractivity contribution in [2.75, 3.05) is 12.3 Å². The van der Waals surface area contributed by atoms with Gasteiger partial charge in [-0.05, 0) is 25.0 Å². The van der Waals surface area contributed by atoms with Crippen LogP contribution >= 0.6 is 11.8 Å².